The van der Waals surface area contributed by atoms with Crippen molar-refractivity contribution in [2.75, 3.05) is 26.3 Å². The molecule has 0 saturated carbocycles. The van der Waals surface area contributed by atoms with E-state index in [9.17, 15) is 0 Å². The van der Waals surface area contributed by atoms with E-state index in [-0.39, 0.29) is 0 Å². The lowest BCUT2D eigenvalue weighted by Gasteiger charge is -2.25. The first-order chi connectivity index (χ1) is 8.84. The SMILES string of the molecule is Brc1c(CC2CCCNC2)ccc2c1OCCO2. The first kappa shape index (κ1) is 12.3. The average Bonchev–Trinajstić information content (AvgIpc) is 2.43. The third-order valence-corrected chi connectivity index (χ3v) is 4.51. The van der Waals surface area contributed by atoms with E-state index in [4.69, 9.17) is 9.47 Å². The third-order valence-electron chi connectivity index (χ3n) is 3.64. The molecule has 0 aliphatic carbocycles. The van der Waals surface area contributed by atoms with Crippen LogP contribution in [0.4, 0.5) is 0 Å². The topological polar surface area (TPSA) is 30.5 Å². The molecule has 3 nitrogen and oxygen atoms in total. The molecular weight excluding hydrogens is 294 g/mol. The van der Waals surface area contributed by atoms with Crippen LogP contribution in [0, 0.1) is 5.92 Å². The molecule has 2 heterocycles. The number of ether oxygens (including phenoxy) is 2. The molecule has 0 radical (unpaired) electrons. The highest BCUT2D eigenvalue weighted by Gasteiger charge is 2.20. The van der Waals surface area contributed by atoms with Crippen molar-refractivity contribution in [3.05, 3.63) is 22.2 Å². The molecule has 1 aromatic rings. The molecule has 4 heteroatoms. The van der Waals surface area contributed by atoms with Gasteiger partial charge in [0, 0.05) is 0 Å². The lowest BCUT2D eigenvalue weighted by molar-refractivity contribution is 0.170. The van der Waals surface area contributed by atoms with Crippen LogP contribution in [0.2, 0.25) is 0 Å². The number of halogens is 1. The molecule has 2 aliphatic rings. The van der Waals surface area contributed by atoms with Crippen LogP contribution < -0.4 is 14.8 Å². The normalized spacial score (nSPS) is 22.8. The Balaban J connectivity index is 1.79. The van der Waals surface area contributed by atoms with Crippen LogP contribution in [-0.2, 0) is 6.42 Å². The van der Waals surface area contributed by atoms with E-state index in [1.54, 1.807) is 0 Å². The number of nitrogens with one attached hydrogen (secondary N) is 1. The van der Waals surface area contributed by atoms with Gasteiger partial charge >= 0.3 is 0 Å². The molecule has 0 amide bonds. The van der Waals surface area contributed by atoms with E-state index in [1.807, 2.05) is 6.07 Å². The second kappa shape index (κ2) is 5.49. The molecule has 3 rings (SSSR count). The Kier molecular flexibility index (Phi) is 3.75. The number of fused-ring (bicyclic) bond motifs is 1. The van der Waals surface area contributed by atoms with E-state index in [1.165, 1.54) is 24.9 Å². The molecule has 98 valence electrons. The minimum atomic E-state index is 0.639. The van der Waals surface area contributed by atoms with Crippen molar-refractivity contribution in [1.29, 1.82) is 0 Å². The minimum Gasteiger partial charge on any atom is -0.486 e. The smallest absolute Gasteiger partial charge is 0.175 e. The maximum absolute atomic E-state index is 5.70. The zero-order valence-electron chi connectivity index (χ0n) is 10.4. The largest absolute Gasteiger partial charge is 0.486 e. The van der Waals surface area contributed by atoms with Crippen molar-refractivity contribution in [2.45, 2.75) is 19.3 Å². The van der Waals surface area contributed by atoms with Crippen LogP contribution in [0.1, 0.15) is 18.4 Å². The second-order valence-corrected chi connectivity index (χ2v) is 5.77. The maximum atomic E-state index is 5.70. The van der Waals surface area contributed by atoms with Gasteiger partial charge in [-0.05, 0) is 65.8 Å². The van der Waals surface area contributed by atoms with Crippen molar-refractivity contribution in [3.63, 3.8) is 0 Å². The summed E-state index contributed by atoms with van der Waals surface area (Å²) in [5.41, 5.74) is 1.33. The van der Waals surface area contributed by atoms with Crippen LogP contribution in [-0.4, -0.2) is 26.3 Å². The highest BCUT2D eigenvalue weighted by atomic mass is 79.9. The maximum Gasteiger partial charge on any atom is 0.175 e. The van der Waals surface area contributed by atoms with Gasteiger partial charge in [0.25, 0.3) is 0 Å². The van der Waals surface area contributed by atoms with Crippen molar-refractivity contribution in [2.24, 2.45) is 5.92 Å². The highest BCUT2D eigenvalue weighted by Crippen LogP contribution is 2.40. The van der Waals surface area contributed by atoms with Gasteiger partial charge in [-0.1, -0.05) is 6.07 Å². The van der Waals surface area contributed by atoms with Gasteiger partial charge in [0.2, 0.25) is 0 Å². The van der Waals surface area contributed by atoms with Gasteiger partial charge in [-0.25, -0.2) is 0 Å². The molecule has 0 spiro atoms. The fraction of sp³-hybridized carbons (Fsp3) is 0.571. The molecular formula is C14H18BrNO2. The molecule has 1 fully saturated rings. The van der Waals surface area contributed by atoms with Gasteiger partial charge in [-0.2, -0.15) is 0 Å². The summed E-state index contributed by atoms with van der Waals surface area (Å²) in [5.74, 6) is 2.47. The highest BCUT2D eigenvalue weighted by molar-refractivity contribution is 9.10. The second-order valence-electron chi connectivity index (χ2n) is 4.98. The fourth-order valence-electron chi connectivity index (χ4n) is 2.69. The number of hydrogen-bond donors (Lipinski definition) is 1. The summed E-state index contributed by atoms with van der Waals surface area (Å²) in [6.07, 6.45) is 3.70. The van der Waals surface area contributed by atoms with Gasteiger partial charge < -0.3 is 14.8 Å². The van der Waals surface area contributed by atoms with E-state index in [0.29, 0.717) is 13.2 Å². The van der Waals surface area contributed by atoms with Crippen LogP contribution in [0.15, 0.2) is 16.6 Å². The molecule has 1 aromatic carbocycles. The standard InChI is InChI=1S/C14H18BrNO2/c15-13-11(8-10-2-1-5-16-9-10)3-4-12-14(13)18-7-6-17-12/h3-4,10,16H,1-2,5-9H2. The predicted molar refractivity (Wildman–Crippen MR) is 74.4 cm³/mol. The van der Waals surface area contributed by atoms with Gasteiger partial charge in [-0.15, -0.1) is 0 Å². The van der Waals surface area contributed by atoms with Crippen molar-refractivity contribution in [1.82, 2.24) is 5.32 Å². The Bertz CT molecular complexity index is 430. The van der Waals surface area contributed by atoms with Crippen LogP contribution >= 0.6 is 15.9 Å². The molecule has 1 atom stereocenters. The number of piperidine rings is 1. The Morgan fingerprint density at radius 2 is 2.17 bits per heavy atom. The fourth-order valence-corrected chi connectivity index (χ4v) is 3.29. The molecule has 2 aliphatic heterocycles. The van der Waals surface area contributed by atoms with E-state index < -0.39 is 0 Å². The molecule has 1 unspecified atom stereocenters. The zero-order valence-corrected chi connectivity index (χ0v) is 12.0. The van der Waals surface area contributed by atoms with Gasteiger partial charge in [0.1, 0.15) is 13.2 Å². The van der Waals surface area contributed by atoms with Crippen LogP contribution in [0.25, 0.3) is 0 Å². The summed E-state index contributed by atoms with van der Waals surface area (Å²) in [7, 11) is 0. The van der Waals surface area contributed by atoms with Crippen LogP contribution in [0.3, 0.4) is 0 Å². The van der Waals surface area contributed by atoms with E-state index in [0.717, 1.165) is 34.9 Å². The minimum absolute atomic E-state index is 0.639. The lowest BCUT2D eigenvalue weighted by Crippen LogP contribution is -2.31. The summed E-state index contributed by atoms with van der Waals surface area (Å²) in [5, 5.41) is 3.47. The Morgan fingerprint density at radius 1 is 1.28 bits per heavy atom. The Morgan fingerprint density at radius 3 is 3.00 bits per heavy atom. The first-order valence-electron chi connectivity index (χ1n) is 6.62. The summed E-state index contributed by atoms with van der Waals surface area (Å²) in [6.45, 7) is 3.57. The summed E-state index contributed by atoms with van der Waals surface area (Å²) in [6, 6.07) is 4.19. The summed E-state index contributed by atoms with van der Waals surface area (Å²) >= 11 is 3.67. The van der Waals surface area contributed by atoms with Crippen LogP contribution in [0.5, 0.6) is 11.5 Å². The lowest BCUT2D eigenvalue weighted by atomic mass is 9.92. The number of rotatable bonds is 2. The van der Waals surface area contributed by atoms with Crippen molar-refractivity contribution in [3.8, 4) is 11.5 Å². The Labute approximate surface area is 116 Å². The van der Waals surface area contributed by atoms with Gasteiger partial charge in [0.15, 0.2) is 11.5 Å². The summed E-state index contributed by atoms with van der Waals surface area (Å²) in [4.78, 5) is 0. The third kappa shape index (κ3) is 2.50. The predicted octanol–water partition coefficient (Wildman–Crippen LogP) is 2.76. The zero-order chi connectivity index (χ0) is 12.4. The Hall–Kier alpha value is -0.740. The number of benzene rings is 1. The molecule has 18 heavy (non-hydrogen) atoms. The molecule has 1 saturated heterocycles. The van der Waals surface area contributed by atoms with Gasteiger partial charge in [0.05, 0.1) is 4.47 Å². The van der Waals surface area contributed by atoms with E-state index >= 15 is 0 Å². The first-order valence-corrected chi connectivity index (χ1v) is 7.41. The molecule has 0 aromatic heterocycles. The average molecular weight is 312 g/mol. The van der Waals surface area contributed by atoms with Crippen molar-refractivity contribution >= 4 is 15.9 Å². The molecule has 0 bridgehead atoms. The number of hydrogen-bond acceptors (Lipinski definition) is 3. The monoisotopic (exact) mass is 311 g/mol. The molecule has 1 N–H and O–H groups in total. The van der Waals surface area contributed by atoms with Gasteiger partial charge in [-0.3, -0.25) is 0 Å². The van der Waals surface area contributed by atoms with E-state index in [2.05, 4.69) is 27.3 Å². The quantitative estimate of drug-likeness (QED) is 0.911. The van der Waals surface area contributed by atoms with Crippen molar-refractivity contribution < 1.29 is 9.47 Å². The summed E-state index contributed by atoms with van der Waals surface area (Å²) < 4.78 is 12.4.